The quantitative estimate of drug-likeness (QED) is 0.331. The first kappa shape index (κ1) is 21.8. The van der Waals surface area contributed by atoms with Gasteiger partial charge in [0.15, 0.2) is 0 Å². The Hall–Kier alpha value is -3.68. The van der Waals surface area contributed by atoms with Crippen LogP contribution in [-0.4, -0.2) is 50.3 Å². The summed E-state index contributed by atoms with van der Waals surface area (Å²) in [5.74, 6) is -0.240. The first-order valence-corrected chi connectivity index (χ1v) is 12.0. The van der Waals surface area contributed by atoms with Gasteiger partial charge >= 0.3 is 0 Å². The van der Waals surface area contributed by atoms with Gasteiger partial charge in [0.25, 0.3) is 0 Å². The Bertz CT molecular complexity index is 1470. The molecule has 0 aliphatic carbocycles. The molecule has 1 aliphatic rings. The number of hydrogen-bond acceptors (Lipinski definition) is 4. The van der Waals surface area contributed by atoms with Gasteiger partial charge in [0.1, 0.15) is 11.5 Å². The lowest BCUT2D eigenvalue weighted by Gasteiger charge is -2.32. The van der Waals surface area contributed by atoms with Crippen molar-refractivity contribution in [1.82, 2.24) is 24.2 Å². The number of aromatic nitrogens is 4. The summed E-state index contributed by atoms with van der Waals surface area (Å²) < 4.78 is 17.2. The number of rotatable bonds is 5. The van der Waals surface area contributed by atoms with Gasteiger partial charge in [-0.25, -0.2) is 13.8 Å². The van der Waals surface area contributed by atoms with Gasteiger partial charge in [-0.05, 0) is 53.2 Å². The Labute approximate surface area is 207 Å². The minimum Gasteiger partial charge on any atom is -0.369 e. The van der Waals surface area contributed by atoms with Gasteiger partial charge in [0.05, 0.1) is 12.7 Å². The Kier molecular flexibility index (Phi) is 5.72. The number of halogens is 2. The molecule has 1 aliphatic heterocycles. The van der Waals surface area contributed by atoms with Crippen LogP contribution in [0.15, 0.2) is 79.4 Å². The largest absolute Gasteiger partial charge is 0.369 e. The smallest absolute Gasteiger partial charge is 0.137 e. The Morgan fingerprint density at radius 2 is 1.74 bits per heavy atom. The van der Waals surface area contributed by atoms with Crippen LogP contribution >= 0.6 is 11.8 Å². The molecule has 0 amide bonds. The lowest BCUT2D eigenvalue weighted by molar-refractivity contribution is 0.416. The average molecular weight is 487 g/mol. The van der Waals surface area contributed by atoms with Gasteiger partial charge in [-0.2, -0.15) is 5.10 Å². The van der Waals surface area contributed by atoms with E-state index in [-0.39, 0.29) is 5.82 Å². The number of nitrogens with zero attached hydrogens (tertiary/aromatic N) is 5. The predicted octanol–water partition coefficient (Wildman–Crippen LogP) is 5.56. The minimum absolute atomic E-state index is 0.240. The highest BCUT2D eigenvalue weighted by atomic mass is 35.5. The molecule has 6 nitrogen and oxygen atoms in total. The molecule has 1 fully saturated rings. The van der Waals surface area contributed by atoms with Gasteiger partial charge in [-0.1, -0.05) is 24.3 Å². The number of hydrogen-bond donors (Lipinski definition) is 1. The molecular formula is C27H24ClFN6. The number of fused-ring (bicyclic) bond motifs is 1. The van der Waals surface area contributed by atoms with Crippen LogP contribution in [0.2, 0.25) is 0 Å². The third kappa shape index (κ3) is 4.52. The topological polar surface area (TPSA) is 53.0 Å². The summed E-state index contributed by atoms with van der Waals surface area (Å²) in [6.45, 7) is 4.08. The Morgan fingerprint density at radius 1 is 0.914 bits per heavy atom. The summed E-state index contributed by atoms with van der Waals surface area (Å²) >= 11 is 6.09. The predicted molar refractivity (Wildman–Crippen MR) is 138 cm³/mol. The Morgan fingerprint density at radius 3 is 2.54 bits per heavy atom. The van der Waals surface area contributed by atoms with E-state index in [2.05, 4.69) is 50.3 Å². The highest BCUT2D eigenvalue weighted by molar-refractivity contribution is 6.13. The van der Waals surface area contributed by atoms with Crippen LogP contribution in [0, 0.1) is 5.82 Å². The third-order valence-electron chi connectivity index (χ3n) is 6.50. The standard InChI is InChI=1S/C27H24ClFN6/c28-34-10-8-33(9-11-34)24-6-4-20(5-7-24)21-13-25-26(16-31-27(25)30-14-21)22-15-32-35(18-22)17-19-2-1-3-23(29)12-19/h1-7,12-16,18H,8-11,17H2,(H,30,31). The van der Waals surface area contributed by atoms with Crippen molar-refractivity contribution in [3.8, 4) is 22.3 Å². The van der Waals surface area contributed by atoms with Gasteiger partial charge in [-0.15, -0.1) is 0 Å². The second kappa shape index (κ2) is 9.17. The zero-order chi connectivity index (χ0) is 23.8. The van der Waals surface area contributed by atoms with Gasteiger partial charge in [0.2, 0.25) is 0 Å². The first-order valence-electron chi connectivity index (χ1n) is 11.6. The van der Waals surface area contributed by atoms with Crippen LogP contribution in [0.3, 0.4) is 0 Å². The highest BCUT2D eigenvalue weighted by Gasteiger charge is 2.16. The molecule has 3 aromatic heterocycles. The van der Waals surface area contributed by atoms with Gasteiger partial charge in [0, 0.05) is 72.5 Å². The fourth-order valence-corrected chi connectivity index (χ4v) is 4.77. The van der Waals surface area contributed by atoms with E-state index < -0.39 is 0 Å². The van der Waals surface area contributed by atoms with E-state index in [1.54, 1.807) is 6.07 Å². The van der Waals surface area contributed by atoms with Gasteiger partial charge < -0.3 is 9.88 Å². The SMILES string of the molecule is Fc1cccc(Cn2cc(-c3c[nH]c4ncc(-c5ccc(N6CCN(Cl)CC6)cc5)cc34)cn2)c1. The second-order valence-electron chi connectivity index (χ2n) is 8.82. The maximum atomic E-state index is 13.5. The van der Waals surface area contributed by atoms with E-state index in [1.807, 2.05) is 40.0 Å². The summed E-state index contributed by atoms with van der Waals surface area (Å²) in [5.41, 5.74) is 7.11. The van der Waals surface area contributed by atoms with E-state index in [1.165, 1.54) is 17.8 Å². The molecule has 2 aromatic carbocycles. The van der Waals surface area contributed by atoms with Crippen LogP contribution in [0.1, 0.15) is 5.56 Å². The van der Waals surface area contributed by atoms with E-state index in [4.69, 9.17) is 11.8 Å². The highest BCUT2D eigenvalue weighted by Crippen LogP contribution is 2.31. The zero-order valence-electron chi connectivity index (χ0n) is 19.0. The molecule has 6 rings (SSSR count). The molecular weight excluding hydrogens is 463 g/mol. The molecule has 0 bridgehead atoms. The molecule has 176 valence electrons. The summed E-state index contributed by atoms with van der Waals surface area (Å²) in [7, 11) is 0. The molecule has 1 N–H and O–H groups in total. The van der Waals surface area contributed by atoms with Crippen molar-refractivity contribution in [3.05, 3.63) is 90.8 Å². The normalized spacial score (nSPS) is 14.6. The molecule has 0 radical (unpaired) electrons. The van der Waals surface area contributed by atoms with Gasteiger partial charge in [-0.3, -0.25) is 4.68 Å². The van der Waals surface area contributed by atoms with E-state index in [0.717, 1.165) is 65.0 Å². The van der Waals surface area contributed by atoms with Crippen molar-refractivity contribution < 1.29 is 4.39 Å². The summed E-state index contributed by atoms with van der Waals surface area (Å²) in [6.07, 6.45) is 7.68. The molecule has 8 heteroatoms. The van der Waals surface area contributed by atoms with Crippen molar-refractivity contribution in [2.45, 2.75) is 6.54 Å². The number of nitrogens with one attached hydrogen (secondary N) is 1. The lowest BCUT2D eigenvalue weighted by atomic mass is 10.0. The fourth-order valence-electron chi connectivity index (χ4n) is 4.62. The van der Waals surface area contributed by atoms with E-state index >= 15 is 0 Å². The monoisotopic (exact) mass is 486 g/mol. The maximum absolute atomic E-state index is 13.5. The van der Waals surface area contributed by atoms with Crippen molar-refractivity contribution in [3.63, 3.8) is 0 Å². The molecule has 4 heterocycles. The maximum Gasteiger partial charge on any atom is 0.137 e. The number of pyridine rings is 1. The van der Waals surface area contributed by atoms with E-state index in [0.29, 0.717) is 6.54 Å². The zero-order valence-corrected chi connectivity index (χ0v) is 19.8. The second-order valence-corrected chi connectivity index (χ2v) is 9.30. The lowest BCUT2D eigenvalue weighted by Crippen LogP contribution is -2.42. The average Bonchev–Trinajstić information content (AvgIpc) is 3.51. The third-order valence-corrected chi connectivity index (χ3v) is 6.84. The molecule has 5 aromatic rings. The molecule has 0 atom stereocenters. The van der Waals surface area contributed by atoms with Crippen LogP contribution < -0.4 is 4.90 Å². The number of benzene rings is 2. The summed E-state index contributed by atoms with van der Waals surface area (Å²) in [6, 6.07) is 17.4. The summed E-state index contributed by atoms with van der Waals surface area (Å²) in [5, 5.41) is 5.52. The molecule has 0 spiro atoms. The minimum atomic E-state index is -0.240. The van der Waals surface area contributed by atoms with Crippen LogP contribution in [0.5, 0.6) is 0 Å². The molecule has 1 saturated heterocycles. The summed E-state index contributed by atoms with van der Waals surface area (Å²) in [4.78, 5) is 10.3. The van der Waals surface area contributed by atoms with Crippen molar-refractivity contribution in [2.24, 2.45) is 0 Å². The number of H-pyrrole nitrogens is 1. The van der Waals surface area contributed by atoms with Crippen molar-refractivity contribution in [1.29, 1.82) is 0 Å². The van der Waals surface area contributed by atoms with Crippen molar-refractivity contribution >= 4 is 28.5 Å². The molecule has 0 unspecified atom stereocenters. The molecule has 35 heavy (non-hydrogen) atoms. The number of piperazine rings is 1. The number of aromatic amines is 1. The van der Waals surface area contributed by atoms with Crippen molar-refractivity contribution in [2.75, 3.05) is 31.1 Å². The molecule has 0 saturated carbocycles. The fraction of sp³-hybridized carbons (Fsp3) is 0.185. The Balaban J connectivity index is 1.25. The number of anilines is 1. The van der Waals surface area contributed by atoms with Crippen LogP contribution in [0.4, 0.5) is 10.1 Å². The van der Waals surface area contributed by atoms with Crippen LogP contribution in [0.25, 0.3) is 33.3 Å². The van der Waals surface area contributed by atoms with E-state index in [9.17, 15) is 4.39 Å². The first-order chi connectivity index (χ1) is 17.1. The van der Waals surface area contributed by atoms with Crippen LogP contribution in [-0.2, 0) is 6.54 Å².